The molecule has 0 aromatic heterocycles. The zero-order valence-corrected chi connectivity index (χ0v) is 33.6. The van der Waals surface area contributed by atoms with E-state index in [0.29, 0.717) is 13.2 Å². The Morgan fingerprint density at radius 2 is 0.891 bits per heavy atom. The Morgan fingerprint density at radius 1 is 0.509 bits per heavy atom. The number of ether oxygens (including phenoxy) is 4. The summed E-state index contributed by atoms with van der Waals surface area (Å²) in [5.41, 5.74) is 4.96. The first-order chi connectivity index (χ1) is 27.0. The summed E-state index contributed by atoms with van der Waals surface area (Å²) in [7, 11) is -2.26. The summed E-state index contributed by atoms with van der Waals surface area (Å²) in [4.78, 5) is 14.6. The Kier molecular flexibility index (Phi) is 17.3. The van der Waals surface area contributed by atoms with Crippen molar-refractivity contribution in [2.24, 2.45) is 0 Å². The first kappa shape index (κ1) is 41.7. The van der Waals surface area contributed by atoms with Crippen LogP contribution >= 0.6 is 0 Å². The summed E-state index contributed by atoms with van der Waals surface area (Å²) in [6.45, 7) is 8.36. The average Bonchev–Trinajstić information content (AvgIpc) is 3.25. The molecule has 0 aliphatic rings. The second-order valence-electron chi connectivity index (χ2n) is 13.8. The van der Waals surface area contributed by atoms with Crippen LogP contribution in [0.1, 0.15) is 48.6 Å². The second kappa shape index (κ2) is 22.8. The highest BCUT2D eigenvalue weighted by Gasteiger charge is 2.44. The van der Waals surface area contributed by atoms with Crippen LogP contribution in [-0.4, -0.2) is 45.2 Å². The first-order valence-electron chi connectivity index (χ1n) is 19.6. The van der Waals surface area contributed by atoms with Gasteiger partial charge in [-0.1, -0.05) is 172 Å². The van der Waals surface area contributed by atoms with Crippen LogP contribution in [0, 0.1) is 0 Å². The topological polar surface area (TPSA) is 75.2 Å². The Labute approximate surface area is 329 Å². The summed E-state index contributed by atoms with van der Waals surface area (Å²) in [6.07, 6.45) is -3.26. The van der Waals surface area contributed by atoms with E-state index in [1.54, 1.807) is 0 Å². The molecule has 0 radical (unpaired) electrons. The summed E-state index contributed by atoms with van der Waals surface area (Å²) in [5.74, 6) is -0.292. The highest BCUT2D eigenvalue weighted by molar-refractivity contribution is 6.73. The molecule has 0 saturated carbocycles. The molecule has 0 aliphatic carbocycles. The summed E-state index contributed by atoms with van der Waals surface area (Å²) in [5, 5.41) is 3.17. The van der Waals surface area contributed by atoms with E-state index in [1.807, 2.05) is 140 Å². The lowest BCUT2D eigenvalue weighted by Crippen LogP contribution is -2.57. The first-order valence-corrected chi connectivity index (χ1v) is 22.1. The fourth-order valence-electron chi connectivity index (χ4n) is 6.65. The van der Waals surface area contributed by atoms with Gasteiger partial charge in [-0.25, -0.2) is 0 Å². The highest BCUT2D eigenvalue weighted by Crippen LogP contribution is 2.30. The Bertz CT molecular complexity index is 1750. The van der Waals surface area contributed by atoms with Gasteiger partial charge in [0, 0.05) is 6.54 Å². The highest BCUT2D eigenvalue weighted by atomic mass is 28.4. The number of rotatable bonds is 24. The number of benzene rings is 5. The quantitative estimate of drug-likeness (QED) is 0.0632. The molecule has 4 atom stereocenters. The van der Waals surface area contributed by atoms with Crippen molar-refractivity contribution in [3.05, 3.63) is 179 Å². The van der Waals surface area contributed by atoms with Crippen molar-refractivity contribution in [1.29, 1.82) is 0 Å². The zero-order valence-electron chi connectivity index (χ0n) is 32.6. The molecule has 0 aliphatic heterocycles. The van der Waals surface area contributed by atoms with Crippen molar-refractivity contribution >= 4 is 14.2 Å². The molecular formula is C47H57NO6Si. The van der Waals surface area contributed by atoms with Crippen LogP contribution in [0.15, 0.2) is 152 Å². The van der Waals surface area contributed by atoms with Crippen LogP contribution in [0.2, 0.25) is 18.1 Å². The molecule has 0 unspecified atom stereocenters. The molecule has 8 heteroatoms. The monoisotopic (exact) mass is 759 g/mol. The van der Waals surface area contributed by atoms with Crippen molar-refractivity contribution in [2.75, 3.05) is 6.61 Å². The van der Waals surface area contributed by atoms with Gasteiger partial charge < -0.3 is 28.7 Å². The molecule has 0 saturated heterocycles. The maximum Gasteiger partial charge on any atom is 0.252 e. The lowest BCUT2D eigenvalue weighted by Gasteiger charge is -2.41. The van der Waals surface area contributed by atoms with Gasteiger partial charge in [-0.05, 0) is 45.9 Å². The maximum atomic E-state index is 14.6. The Hall–Kier alpha value is -4.41. The normalized spacial score (nSPS) is 13.8. The van der Waals surface area contributed by atoms with Crippen LogP contribution in [0.4, 0.5) is 0 Å². The molecule has 5 rings (SSSR count). The Balaban J connectivity index is 1.57. The van der Waals surface area contributed by atoms with Gasteiger partial charge in [0.05, 0.1) is 39.1 Å². The molecule has 0 bridgehead atoms. The molecular weight excluding hydrogens is 703 g/mol. The van der Waals surface area contributed by atoms with Gasteiger partial charge in [0.2, 0.25) is 0 Å². The van der Waals surface area contributed by atoms with E-state index in [0.717, 1.165) is 45.9 Å². The maximum absolute atomic E-state index is 14.6. The van der Waals surface area contributed by atoms with Crippen molar-refractivity contribution in [3.63, 3.8) is 0 Å². The minimum Gasteiger partial charge on any atom is -0.409 e. The smallest absolute Gasteiger partial charge is 0.252 e. The average molecular weight is 760 g/mol. The van der Waals surface area contributed by atoms with Crippen LogP contribution in [0.5, 0.6) is 0 Å². The number of hydrogen-bond donors (Lipinski definition) is 1. The zero-order chi connectivity index (χ0) is 38.6. The van der Waals surface area contributed by atoms with Crippen LogP contribution in [-0.2, 0) is 61.1 Å². The van der Waals surface area contributed by atoms with Crippen LogP contribution in [0.3, 0.4) is 0 Å². The lowest BCUT2D eigenvalue weighted by atomic mass is 10.0. The summed E-state index contributed by atoms with van der Waals surface area (Å²) >= 11 is 0. The molecule has 7 nitrogen and oxygen atoms in total. The fourth-order valence-corrected chi connectivity index (χ4v) is 9.50. The van der Waals surface area contributed by atoms with E-state index in [9.17, 15) is 4.79 Å². The number of carbonyl (C=O) groups excluding carboxylic acids is 1. The largest absolute Gasteiger partial charge is 0.409 e. The van der Waals surface area contributed by atoms with E-state index in [4.69, 9.17) is 23.4 Å². The van der Waals surface area contributed by atoms with E-state index in [1.165, 1.54) is 0 Å². The van der Waals surface area contributed by atoms with Crippen molar-refractivity contribution in [2.45, 2.75) is 96.3 Å². The fraction of sp³-hybridized carbons (Fsp3) is 0.340. The number of nitrogens with one attached hydrogen (secondary N) is 1. The molecule has 290 valence electrons. The van der Waals surface area contributed by atoms with Crippen LogP contribution in [0.25, 0.3) is 0 Å². The van der Waals surface area contributed by atoms with Gasteiger partial charge in [-0.2, -0.15) is 0 Å². The molecule has 1 N–H and O–H groups in total. The van der Waals surface area contributed by atoms with Gasteiger partial charge >= 0.3 is 0 Å². The van der Waals surface area contributed by atoms with Crippen molar-refractivity contribution in [1.82, 2.24) is 5.32 Å². The van der Waals surface area contributed by atoms with E-state index in [2.05, 4.69) is 38.2 Å². The summed E-state index contributed by atoms with van der Waals surface area (Å²) in [6, 6.07) is 52.8. The van der Waals surface area contributed by atoms with Crippen molar-refractivity contribution in [3.8, 4) is 0 Å². The number of carbonyl (C=O) groups is 1. The molecule has 0 spiro atoms. The predicted octanol–water partition coefficient (Wildman–Crippen LogP) is 9.67. The molecule has 5 aromatic rings. The third-order valence-corrected chi connectivity index (χ3v) is 14.8. The Morgan fingerprint density at radius 3 is 1.33 bits per heavy atom. The lowest BCUT2D eigenvalue weighted by molar-refractivity contribution is -0.189. The predicted molar refractivity (Wildman–Crippen MR) is 222 cm³/mol. The van der Waals surface area contributed by atoms with Gasteiger partial charge in [0.15, 0.2) is 14.4 Å². The van der Waals surface area contributed by atoms with Crippen molar-refractivity contribution < 1.29 is 28.2 Å². The number of hydrogen-bond acceptors (Lipinski definition) is 6. The molecule has 0 heterocycles. The second-order valence-corrected chi connectivity index (χ2v) is 18.6. The van der Waals surface area contributed by atoms with Gasteiger partial charge in [0.1, 0.15) is 12.2 Å². The minimum absolute atomic E-state index is 0.203. The van der Waals surface area contributed by atoms with Gasteiger partial charge in [0.25, 0.3) is 5.91 Å². The SMILES string of the molecule is CC[Si](CC)(CC)O[C@H](COCc1ccccc1)[C@@H](OCc1ccccc1)[C@H](OCc1ccccc1)[C@@H](OCc1ccccc1)C(=O)NCc1ccccc1. The molecule has 1 amide bonds. The molecule has 55 heavy (non-hydrogen) atoms. The standard InChI is InChI=1S/C47H57NO6Si/c1-4-55(5-2,6-3)54-43(37-50-33-39-24-14-8-15-25-39)44(51-34-40-26-16-9-17-27-40)45(52-35-41-28-18-10-19-29-41)46(53-36-42-30-20-11-21-31-42)47(49)48-32-38-22-12-7-13-23-38/h7-31,43-46H,4-6,32-37H2,1-3H3,(H,48,49)/t43-,44-,45+,46-/m1/s1. The van der Waals surface area contributed by atoms with Gasteiger partial charge in [-0.3, -0.25) is 4.79 Å². The number of amides is 1. The van der Waals surface area contributed by atoms with E-state index >= 15 is 0 Å². The molecule has 0 fully saturated rings. The third-order valence-electron chi connectivity index (χ3n) is 10.1. The van der Waals surface area contributed by atoms with E-state index < -0.39 is 32.7 Å². The minimum atomic E-state index is -2.26. The third kappa shape index (κ3) is 13.4. The van der Waals surface area contributed by atoms with Crippen LogP contribution < -0.4 is 5.32 Å². The van der Waals surface area contributed by atoms with E-state index in [-0.39, 0.29) is 32.3 Å². The van der Waals surface area contributed by atoms with Gasteiger partial charge in [-0.15, -0.1) is 0 Å². The summed E-state index contributed by atoms with van der Waals surface area (Å²) < 4.78 is 34.5. The molecule has 5 aromatic carbocycles.